The molecule has 0 saturated heterocycles. The number of benzene rings is 1. The molecule has 0 aromatic heterocycles. The Labute approximate surface area is 86.8 Å². The van der Waals surface area contributed by atoms with E-state index in [9.17, 15) is 4.91 Å². The smallest absolute Gasteiger partial charge is 0.185 e. The third kappa shape index (κ3) is 2.29. The molecule has 0 aliphatic rings. The maximum Gasteiger partial charge on any atom is 0.185 e. The minimum atomic E-state index is -0.624. The lowest BCUT2D eigenvalue weighted by Gasteiger charge is -2.14. The van der Waals surface area contributed by atoms with Gasteiger partial charge in [0.25, 0.3) is 0 Å². The summed E-state index contributed by atoms with van der Waals surface area (Å²) in [6.07, 6.45) is -0.624. The molecule has 0 aliphatic heterocycles. The van der Waals surface area contributed by atoms with Crippen molar-refractivity contribution in [1.29, 1.82) is 0 Å². The molecule has 0 saturated carbocycles. The summed E-state index contributed by atoms with van der Waals surface area (Å²) in [6, 6.07) is 4.70. The topological polar surface area (TPSA) is 47.9 Å². The van der Waals surface area contributed by atoms with E-state index < -0.39 is 6.29 Å². The summed E-state index contributed by atoms with van der Waals surface area (Å²) in [5, 5.41) is 3.37. The minimum Gasteiger partial charge on any atom is -0.352 e. The van der Waals surface area contributed by atoms with Crippen LogP contribution in [0.4, 0.5) is 5.69 Å². The second-order valence-corrected chi connectivity index (χ2v) is 3.03. The Hall–Kier alpha value is -0.970. The molecule has 0 radical (unpaired) electrons. The summed E-state index contributed by atoms with van der Waals surface area (Å²) in [5.41, 5.74) is 0.792. The van der Waals surface area contributed by atoms with Crippen LogP contribution in [0.1, 0.15) is 11.9 Å². The van der Waals surface area contributed by atoms with E-state index in [4.69, 9.17) is 21.1 Å². The molecule has 4 nitrogen and oxygen atoms in total. The molecule has 1 aromatic carbocycles. The molecule has 0 spiro atoms. The highest BCUT2D eigenvalue weighted by atomic mass is 35.5. The zero-order valence-corrected chi connectivity index (χ0v) is 8.62. The van der Waals surface area contributed by atoms with Gasteiger partial charge in [0.15, 0.2) is 6.29 Å². The van der Waals surface area contributed by atoms with Crippen molar-refractivity contribution in [2.45, 2.75) is 6.29 Å². The van der Waals surface area contributed by atoms with E-state index >= 15 is 0 Å². The highest BCUT2D eigenvalue weighted by Crippen LogP contribution is 2.30. The molecule has 5 heteroatoms. The summed E-state index contributed by atoms with van der Waals surface area (Å²) in [5.74, 6) is 0. The van der Waals surface area contributed by atoms with Crippen molar-refractivity contribution in [1.82, 2.24) is 0 Å². The van der Waals surface area contributed by atoms with Crippen molar-refractivity contribution in [2.75, 3.05) is 14.2 Å². The molecule has 14 heavy (non-hydrogen) atoms. The number of rotatable bonds is 4. The lowest BCUT2D eigenvalue weighted by Crippen LogP contribution is -2.03. The number of nitroso groups, excluding NO2 is 1. The number of halogens is 1. The van der Waals surface area contributed by atoms with Gasteiger partial charge in [-0.25, -0.2) is 0 Å². The molecule has 76 valence electrons. The first kappa shape index (κ1) is 11.1. The SMILES string of the molecule is COC(OC)c1cc(Cl)ccc1N=O. The molecule has 0 heterocycles. The third-order valence-electron chi connectivity index (χ3n) is 1.77. The Bertz CT molecular complexity index is 326. The largest absolute Gasteiger partial charge is 0.352 e. The minimum absolute atomic E-state index is 0.267. The number of nitrogens with zero attached hydrogens (tertiary/aromatic N) is 1. The van der Waals surface area contributed by atoms with Gasteiger partial charge in [-0.3, -0.25) is 0 Å². The van der Waals surface area contributed by atoms with Gasteiger partial charge >= 0.3 is 0 Å². The zero-order valence-electron chi connectivity index (χ0n) is 7.86. The van der Waals surface area contributed by atoms with Gasteiger partial charge in [0, 0.05) is 24.8 Å². The summed E-state index contributed by atoms with van der Waals surface area (Å²) >= 11 is 5.78. The Morgan fingerprint density at radius 3 is 2.50 bits per heavy atom. The Morgan fingerprint density at radius 1 is 1.36 bits per heavy atom. The Kier molecular flexibility index (Phi) is 4.00. The van der Waals surface area contributed by atoms with Crippen molar-refractivity contribution in [3.8, 4) is 0 Å². The molecule has 0 fully saturated rings. The fourth-order valence-electron chi connectivity index (χ4n) is 1.15. The van der Waals surface area contributed by atoms with Crippen LogP contribution in [-0.2, 0) is 9.47 Å². The van der Waals surface area contributed by atoms with Gasteiger partial charge in [-0.2, -0.15) is 0 Å². The molecular formula is C9H10ClNO3. The summed E-state index contributed by atoms with van der Waals surface area (Å²) in [4.78, 5) is 10.5. The average Bonchev–Trinajstić information content (AvgIpc) is 2.20. The van der Waals surface area contributed by atoms with E-state index in [1.807, 2.05) is 0 Å². The van der Waals surface area contributed by atoms with Gasteiger partial charge in [0.1, 0.15) is 5.69 Å². The lowest BCUT2D eigenvalue weighted by molar-refractivity contribution is -0.105. The number of ether oxygens (including phenoxy) is 2. The van der Waals surface area contributed by atoms with Gasteiger partial charge < -0.3 is 9.47 Å². The predicted molar refractivity (Wildman–Crippen MR) is 53.7 cm³/mol. The molecule has 0 aliphatic carbocycles. The molecule has 0 amide bonds. The van der Waals surface area contributed by atoms with E-state index in [0.29, 0.717) is 10.6 Å². The quantitative estimate of drug-likeness (QED) is 0.573. The first-order valence-corrected chi connectivity index (χ1v) is 4.29. The van der Waals surface area contributed by atoms with Crippen LogP contribution in [0.3, 0.4) is 0 Å². The van der Waals surface area contributed by atoms with Crippen LogP contribution in [0.15, 0.2) is 23.4 Å². The highest BCUT2D eigenvalue weighted by Gasteiger charge is 2.14. The number of hydrogen-bond acceptors (Lipinski definition) is 4. The van der Waals surface area contributed by atoms with E-state index in [1.54, 1.807) is 12.1 Å². The maximum atomic E-state index is 10.5. The summed E-state index contributed by atoms with van der Waals surface area (Å²) in [7, 11) is 2.95. The normalized spacial score (nSPS) is 10.6. The standard InChI is InChI=1S/C9H10ClNO3/c1-13-9(14-2)7-5-6(10)3-4-8(7)11-12/h3-5,9H,1-2H3. The van der Waals surface area contributed by atoms with Crippen LogP contribution in [0.2, 0.25) is 5.02 Å². The highest BCUT2D eigenvalue weighted by molar-refractivity contribution is 6.30. The van der Waals surface area contributed by atoms with Gasteiger partial charge in [0.2, 0.25) is 0 Å². The van der Waals surface area contributed by atoms with Crippen molar-refractivity contribution >= 4 is 17.3 Å². The third-order valence-corrected chi connectivity index (χ3v) is 2.01. The molecular weight excluding hydrogens is 206 g/mol. The number of methoxy groups -OCH3 is 2. The average molecular weight is 216 g/mol. The fraction of sp³-hybridized carbons (Fsp3) is 0.333. The van der Waals surface area contributed by atoms with E-state index in [2.05, 4.69) is 5.18 Å². The lowest BCUT2D eigenvalue weighted by atomic mass is 10.2. The van der Waals surface area contributed by atoms with E-state index in [0.717, 1.165) is 0 Å². The van der Waals surface area contributed by atoms with Crippen LogP contribution in [0.5, 0.6) is 0 Å². The second kappa shape index (κ2) is 5.05. The van der Waals surface area contributed by atoms with Crippen LogP contribution < -0.4 is 0 Å². The fourth-order valence-corrected chi connectivity index (χ4v) is 1.33. The first-order chi connectivity index (χ1) is 6.72. The molecule has 0 unspecified atom stereocenters. The van der Waals surface area contributed by atoms with Gasteiger partial charge in [-0.15, -0.1) is 4.91 Å². The second-order valence-electron chi connectivity index (χ2n) is 2.60. The van der Waals surface area contributed by atoms with Gasteiger partial charge in [-0.05, 0) is 23.4 Å². The summed E-state index contributed by atoms with van der Waals surface area (Å²) in [6.45, 7) is 0. The Morgan fingerprint density at radius 2 is 2.00 bits per heavy atom. The van der Waals surface area contributed by atoms with Crippen molar-refractivity contribution < 1.29 is 9.47 Å². The molecule has 0 N–H and O–H groups in total. The van der Waals surface area contributed by atoms with Gasteiger partial charge in [0.05, 0.1) is 0 Å². The maximum absolute atomic E-state index is 10.5. The van der Waals surface area contributed by atoms with Crippen molar-refractivity contribution in [3.63, 3.8) is 0 Å². The number of hydrogen-bond donors (Lipinski definition) is 0. The molecule has 1 rings (SSSR count). The van der Waals surface area contributed by atoms with E-state index in [-0.39, 0.29) is 5.69 Å². The van der Waals surface area contributed by atoms with Crippen LogP contribution in [-0.4, -0.2) is 14.2 Å². The zero-order chi connectivity index (χ0) is 10.6. The van der Waals surface area contributed by atoms with Crippen molar-refractivity contribution in [2.24, 2.45) is 5.18 Å². The van der Waals surface area contributed by atoms with Crippen LogP contribution >= 0.6 is 11.6 Å². The van der Waals surface area contributed by atoms with Crippen molar-refractivity contribution in [3.05, 3.63) is 33.7 Å². The molecule has 0 atom stereocenters. The van der Waals surface area contributed by atoms with Crippen LogP contribution in [0, 0.1) is 4.91 Å². The summed E-state index contributed by atoms with van der Waals surface area (Å²) < 4.78 is 10.0. The molecule has 0 bridgehead atoms. The van der Waals surface area contributed by atoms with Crippen LogP contribution in [0.25, 0.3) is 0 Å². The van der Waals surface area contributed by atoms with Gasteiger partial charge in [-0.1, -0.05) is 11.6 Å². The van der Waals surface area contributed by atoms with E-state index in [1.165, 1.54) is 20.3 Å². The predicted octanol–water partition coefficient (Wildman–Crippen LogP) is 3.03. The first-order valence-electron chi connectivity index (χ1n) is 3.91. The Balaban J connectivity index is 3.14. The monoisotopic (exact) mass is 215 g/mol. The molecule has 1 aromatic rings.